The lowest BCUT2D eigenvalue weighted by molar-refractivity contribution is 0.354. The zero-order chi connectivity index (χ0) is 14.2. The molecule has 2 N–H and O–H groups in total. The largest absolute Gasteiger partial charge is 0.361 e. The first kappa shape index (κ1) is 12.3. The van der Waals surface area contributed by atoms with Crippen molar-refractivity contribution in [2.24, 2.45) is 5.73 Å². The van der Waals surface area contributed by atoms with Crippen LogP contribution < -0.4 is 5.73 Å². The Hall–Kier alpha value is -2.47. The Morgan fingerprint density at radius 3 is 2.81 bits per heavy atom. The Morgan fingerprint density at radius 2 is 2.00 bits per heavy atom. The van der Waals surface area contributed by atoms with Gasteiger partial charge in [-0.3, -0.25) is 0 Å². The van der Waals surface area contributed by atoms with Gasteiger partial charge in [-0.05, 0) is 17.5 Å². The Balaban J connectivity index is 1.62. The minimum atomic E-state index is 0.0239. The van der Waals surface area contributed by atoms with Crippen LogP contribution in [0.1, 0.15) is 47.0 Å². The summed E-state index contributed by atoms with van der Waals surface area (Å²) in [4.78, 5) is 4.48. The third-order valence-electron chi connectivity index (χ3n) is 3.87. The van der Waals surface area contributed by atoms with E-state index in [0.717, 1.165) is 12.0 Å². The summed E-state index contributed by atoms with van der Waals surface area (Å²) >= 11 is 0. The zero-order valence-corrected chi connectivity index (χ0v) is 11.3. The van der Waals surface area contributed by atoms with Crippen molar-refractivity contribution < 1.29 is 9.05 Å². The lowest BCUT2D eigenvalue weighted by Gasteiger charge is -2.04. The first-order chi connectivity index (χ1) is 10.3. The highest BCUT2D eigenvalue weighted by Gasteiger charge is 2.33. The molecule has 2 unspecified atom stereocenters. The van der Waals surface area contributed by atoms with Crippen molar-refractivity contribution in [3.8, 4) is 0 Å². The normalized spacial score (nSPS) is 20.6. The van der Waals surface area contributed by atoms with E-state index in [1.807, 2.05) is 12.1 Å². The van der Waals surface area contributed by atoms with E-state index in [4.69, 9.17) is 14.8 Å². The second kappa shape index (κ2) is 4.82. The van der Waals surface area contributed by atoms with E-state index in [9.17, 15) is 0 Å². The summed E-state index contributed by atoms with van der Waals surface area (Å²) in [5.41, 5.74) is 8.52. The average Bonchev–Trinajstić information content (AvgIpc) is 3.21. The molecule has 3 aromatic rings. The van der Waals surface area contributed by atoms with E-state index in [1.165, 1.54) is 5.56 Å². The minimum Gasteiger partial charge on any atom is -0.361 e. The van der Waals surface area contributed by atoms with Crippen molar-refractivity contribution in [2.75, 3.05) is 0 Å². The van der Waals surface area contributed by atoms with Crippen molar-refractivity contribution in [1.82, 2.24) is 15.3 Å². The van der Waals surface area contributed by atoms with E-state index < -0.39 is 0 Å². The lowest BCUT2D eigenvalue weighted by atomic mass is 10.0. The third-order valence-corrected chi connectivity index (χ3v) is 3.87. The molecule has 0 aliphatic heterocycles. The fourth-order valence-corrected chi connectivity index (χ4v) is 2.88. The summed E-state index contributed by atoms with van der Waals surface area (Å²) in [5, 5.41) is 7.68. The number of nitrogens with two attached hydrogens (primary N) is 1. The first-order valence-electron chi connectivity index (χ1n) is 6.87. The van der Waals surface area contributed by atoms with Gasteiger partial charge in [0.15, 0.2) is 5.82 Å². The molecule has 106 valence electrons. The summed E-state index contributed by atoms with van der Waals surface area (Å²) in [6.45, 7) is 0. The molecular formula is C15H14N4O2. The molecule has 0 radical (unpaired) electrons. The molecule has 2 atom stereocenters. The van der Waals surface area contributed by atoms with Crippen LogP contribution in [-0.4, -0.2) is 15.3 Å². The van der Waals surface area contributed by atoms with Gasteiger partial charge in [-0.15, -0.1) is 0 Å². The van der Waals surface area contributed by atoms with E-state index in [1.54, 1.807) is 12.3 Å². The van der Waals surface area contributed by atoms with Crippen molar-refractivity contribution in [1.29, 1.82) is 0 Å². The zero-order valence-electron chi connectivity index (χ0n) is 11.3. The lowest BCUT2D eigenvalue weighted by Crippen LogP contribution is -2.05. The second-order valence-electron chi connectivity index (χ2n) is 5.23. The molecule has 4 rings (SSSR count). The predicted octanol–water partition coefficient (Wildman–Crippen LogP) is 2.18. The van der Waals surface area contributed by atoms with Crippen LogP contribution in [0.2, 0.25) is 0 Å². The summed E-state index contributed by atoms with van der Waals surface area (Å²) in [6.07, 6.45) is 2.87. The SMILES string of the molecule is NC1CC(c2nc(Cc3ccno3)no2)c2ccccc21. The quantitative estimate of drug-likeness (QED) is 0.791. The number of hydrogen-bond acceptors (Lipinski definition) is 6. The van der Waals surface area contributed by atoms with Crippen LogP contribution in [0.3, 0.4) is 0 Å². The van der Waals surface area contributed by atoms with Crippen LogP contribution in [0.5, 0.6) is 0 Å². The number of rotatable bonds is 3. The molecule has 21 heavy (non-hydrogen) atoms. The van der Waals surface area contributed by atoms with Gasteiger partial charge < -0.3 is 14.8 Å². The van der Waals surface area contributed by atoms with Gasteiger partial charge >= 0.3 is 0 Å². The van der Waals surface area contributed by atoms with Crippen LogP contribution in [0.25, 0.3) is 0 Å². The van der Waals surface area contributed by atoms with Gasteiger partial charge in [0.05, 0.1) is 18.5 Å². The maximum atomic E-state index is 6.18. The summed E-state index contributed by atoms with van der Waals surface area (Å²) < 4.78 is 10.5. The molecule has 0 bridgehead atoms. The van der Waals surface area contributed by atoms with Crippen LogP contribution in [0.15, 0.2) is 45.6 Å². The first-order valence-corrected chi connectivity index (χ1v) is 6.87. The summed E-state index contributed by atoms with van der Waals surface area (Å²) in [5.74, 6) is 2.00. The van der Waals surface area contributed by atoms with Gasteiger partial charge in [0.1, 0.15) is 5.76 Å². The smallest absolute Gasteiger partial charge is 0.234 e. The number of aromatic nitrogens is 3. The van der Waals surface area contributed by atoms with E-state index in [2.05, 4.69) is 27.4 Å². The molecular weight excluding hydrogens is 268 g/mol. The van der Waals surface area contributed by atoms with Crippen LogP contribution in [-0.2, 0) is 6.42 Å². The van der Waals surface area contributed by atoms with Gasteiger partial charge in [-0.25, -0.2) is 0 Å². The topological polar surface area (TPSA) is 91.0 Å². The van der Waals surface area contributed by atoms with Gasteiger partial charge in [-0.2, -0.15) is 4.98 Å². The molecule has 6 nitrogen and oxygen atoms in total. The highest BCUT2D eigenvalue weighted by molar-refractivity contribution is 5.40. The molecule has 2 aromatic heterocycles. The molecule has 1 aliphatic carbocycles. The number of benzene rings is 1. The Morgan fingerprint density at radius 1 is 1.14 bits per heavy atom. The molecule has 2 heterocycles. The van der Waals surface area contributed by atoms with Crippen LogP contribution >= 0.6 is 0 Å². The molecule has 0 fully saturated rings. The molecule has 0 spiro atoms. The maximum Gasteiger partial charge on any atom is 0.234 e. The van der Waals surface area contributed by atoms with Crippen molar-refractivity contribution in [3.05, 3.63) is 65.1 Å². The average molecular weight is 282 g/mol. The van der Waals surface area contributed by atoms with Crippen LogP contribution in [0.4, 0.5) is 0 Å². The maximum absolute atomic E-state index is 6.18. The van der Waals surface area contributed by atoms with Gasteiger partial charge in [0.2, 0.25) is 5.89 Å². The standard InChI is InChI=1S/C15H14N4O2/c16-13-8-12(10-3-1-2-4-11(10)13)15-18-14(19-21-15)7-9-5-6-17-20-9/h1-6,12-13H,7-8,16H2. The Bertz CT molecular complexity index is 751. The number of nitrogens with zero attached hydrogens (tertiary/aromatic N) is 3. The molecule has 0 saturated carbocycles. The predicted molar refractivity (Wildman–Crippen MR) is 73.4 cm³/mol. The second-order valence-corrected chi connectivity index (χ2v) is 5.23. The minimum absolute atomic E-state index is 0.0239. The summed E-state index contributed by atoms with van der Waals surface area (Å²) in [6, 6.07) is 9.96. The fourth-order valence-electron chi connectivity index (χ4n) is 2.88. The fraction of sp³-hybridized carbons (Fsp3) is 0.267. The van der Waals surface area contributed by atoms with Gasteiger partial charge in [0.25, 0.3) is 0 Å². The number of hydrogen-bond donors (Lipinski definition) is 1. The molecule has 1 aromatic carbocycles. The molecule has 0 amide bonds. The Labute approximate surface area is 120 Å². The molecule has 0 saturated heterocycles. The van der Waals surface area contributed by atoms with E-state index in [-0.39, 0.29) is 12.0 Å². The van der Waals surface area contributed by atoms with Gasteiger partial charge in [-0.1, -0.05) is 34.6 Å². The summed E-state index contributed by atoms with van der Waals surface area (Å²) in [7, 11) is 0. The highest BCUT2D eigenvalue weighted by Crippen LogP contribution is 2.42. The van der Waals surface area contributed by atoms with Gasteiger partial charge in [0, 0.05) is 12.1 Å². The monoisotopic (exact) mass is 282 g/mol. The van der Waals surface area contributed by atoms with Crippen LogP contribution in [0, 0.1) is 0 Å². The molecule has 1 aliphatic rings. The van der Waals surface area contributed by atoms with Crippen molar-refractivity contribution >= 4 is 0 Å². The molecule has 6 heteroatoms. The van der Waals surface area contributed by atoms with E-state index in [0.29, 0.717) is 23.9 Å². The Kier molecular flexibility index (Phi) is 2.82. The van der Waals surface area contributed by atoms with E-state index >= 15 is 0 Å². The van der Waals surface area contributed by atoms with Crippen molar-refractivity contribution in [3.63, 3.8) is 0 Å². The third kappa shape index (κ3) is 2.13. The number of fused-ring (bicyclic) bond motifs is 1. The highest BCUT2D eigenvalue weighted by atomic mass is 16.5. The van der Waals surface area contributed by atoms with Crippen molar-refractivity contribution in [2.45, 2.75) is 24.8 Å².